The van der Waals surface area contributed by atoms with E-state index in [9.17, 15) is 9.59 Å². The smallest absolute Gasteiger partial charge is 0.340 e. The summed E-state index contributed by atoms with van der Waals surface area (Å²) in [6.45, 7) is 7.45. The molecule has 30 heavy (non-hydrogen) atoms. The van der Waals surface area contributed by atoms with Gasteiger partial charge in [-0.05, 0) is 39.3 Å². The minimum absolute atomic E-state index is 0.0857. The molecule has 0 unspecified atom stereocenters. The number of aryl methyl sites for hydroxylation is 1. The van der Waals surface area contributed by atoms with Crippen LogP contribution in [-0.2, 0) is 4.74 Å². The van der Waals surface area contributed by atoms with Crippen molar-refractivity contribution in [2.24, 2.45) is 10.1 Å². The van der Waals surface area contributed by atoms with Crippen molar-refractivity contribution in [2.45, 2.75) is 45.4 Å². The number of aromatic amines is 1. The maximum absolute atomic E-state index is 13.2. The highest BCUT2D eigenvalue weighted by molar-refractivity contribution is 8.14. The molecule has 1 aromatic carbocycles. The van der Waals surface area contributed by atoms with Crippen LogP contribution in [0.1, 0.15) is 64.0 Å². The van der Waals surface area contributed by atoms with Gasteiger partial charge in [0, 0.05) is 23.9 Å². The van der Waals surface area contributed by atoms with Crippen LogP contribution in [0.2, 0.25) is 0 Å². The van der Waals surface area contributed by atoms with Crippen LogP contribution in [0.25, 0.3) is 0 Å². The van der Waals surface area contributed by atoms with Gasteiger partial charge < -0.3 is 9.72 Å². The number of hydrogen-bond acceptors (Lipinski definition) is 7. The molecule has 0 aliphatic carbocycles. The molecular formula is C22H24N4O3S. The lowest BCUT2D eigenvalue weighted by Crippen LogP contribution is -2.30. The van der Waals surface area contributed by atoms with E-state index >= 15 is 0 Å². The molecule has 1 N–H and O–H groups in total. The summed E-state index contributed by atoms with van der Waals surface area (Å²) < 4.78 is 5.13. The second-order valence-electron chi connectivity index (χ2n) is 7.32. The van der Waals surface area contributed by atoms with Gasteiger partial charge in [0.2, 0.25) is 0 Å². The van der Waals surface area contributed by atoms with Gasteiger partial charge in [-0.1, -0.05) is 30.0 Å². The zero-order valence-electron chi connectivity index (χ0n) is 17.4. The fraction of sp³-hybridized carbons (Fsp3) is 0.364. The Balaban J connectivity index is 1.59. The molecule has 3 heterocycles. The second-order valence-corrected chi connectivity index (χ2v) is 8.63. The van der Waals surface area contributed by atoms with Crippen molar-refractivity contribution in [1.29, 1.82) is 0 Å². The maximum Gasteiger partial charge on any atom is 0.340 e. The number of carbonyl (C=O) groups is 2. The molecule has 0 bridgehead atoms. The second kappa shape index (κ2) is 8.10. The molecule has 0 radical (unpaired) electrons. The van der Waals surface area contributed by atoms with Crippen LogP contribution in [0.15, 0.2) is 34.4 Å². The number of rotatable bonds is 5. The van der Waals surface area contributed by atoms with Crippen molar-refractivity contribution >= 4 is 40.6 Å². The van der Waals surface area contributed by atoms with Crippen molar-refractivity contribution < 1.29 is 14.3 Å². The first-order valence-corrected chi connectivity index (χ1v) is 10.9. The molecule has 0 saturated heterocycles. The molecule has 2 aliphatic heterocycles. The quantitative estimate of drug-likeness (QED) is 0.562. The van der Waals surface area contributed by atoms with Crippen LogP contribution in [-0.4, -0.2) is 45.0 Å². The first-order valence-electron chi connectivity index (χ1n) is 9.98. The largest absolute Gasteiger partial charge is 0.462 e. The van der Waals surface area contributed by atoms with E-state index in [1.165, 1.54) is 11.8 Å². The van der Waals surface area contributed by atoms with E-state index in [0.29, 0.717) is 27.7 Å². The normalized spacial score (nSPS) is 17.9. The van der Waals surface area contributed by atoms with Crippen LogP contribution in [0.5, 0.6) is 0 Å². The number of fused-ring (bicyclic) bond motifs is 3. The number of benzene rings is 1. The van der Waals surface area contributed by atoms with Gasteiger partial charge in [-0.2, -0.15) is 5.10 Å². The molecule has 2 aromatic rings. The Morgan fingerprint density at radius 3 is 2.87 bits per heavy atom. The molecule has 4 rings (SSSR count). The molecule has 156 valence electrons. The van der Waals surface area contributed by atoms with Gasteiger partial charge in [-0.15, -0.1) is 0 Å². The summed E-state index contributed by atoms with van der Waals surface area (Å²) in [7, 11) is 0. The van der Waals surface area contributed by atoms with E-state index in [-0.39, 0.29) is 18.4 Å². The number of amidine groups is 1. The van der Waals surface area contributed by atoms with Crippen LogP contribution in [0.3, 0.4) is 0 Å². The number of thioether (sulfide) groups is 1. The maximum atomic E-state index is 13.2. The van der Waals surface area contributed by atoms with Crippen molar-refractivity contribution in [2.75, 3.05) is 6.61 Å². The Labute approximate surface area is 179 Å². The zero-order chi connectivity index (χ0) is 21.4. The predicted molar refractivity (Wildman–Crippen MR) is 119 cm³/mol. The van der Waals surface area contributed by atoms with E-state index in [0.717, 1.165) is 17.7 Å². The van der Waals surface area contributed by atoms with E-state index in [4.69, 9.17) is 9.73 Å². The molecule has 7 nitrogen and oxygen atoms in total. The third-order valence-corrected chi connectivity index (χ3v) is 6.41. The van der Waals surface area contributed by atoms with Gasteiger partial charge in [0.05, 0.1) is 34.8 Å². The number of ketones is 1. The van der Waals surface area contributed by atoms with Gasteiger partial charge in [0.1, 0.15) is 0 Å². The molecule has 0 spiro atoms. The van der Waals surface area contributed by atoms with Crippen molar-refractivity contribution in [3.05, 3.63) is 52.3 Å². The number of hydrazone groups is 1. The Bertz CT molecular complexity index is 1070. The number of Topliss-reactive ketones (excluding diaryl/α,β-unsaturated/α-hetero) is 1. The van der Waals surface area contributed by atoms with Crippen LogP contribution < -0.4 is 0 Å². The van der Waals surface area contributed by atoms with E-state index in [2.05, 4.69) is 16.2 Å². The first kappa shape index (κ1) is 20.4. The zero-order valence-corrected chi connectivity index (χ0v) is 18.2. The number of carbonyl (C=O) groups excluding carboxylic acids is 2. The number of esters is 1. The average Bonchev–Trinajstić information content (AvgIpc) is 3.32. The minimum Gasteiger partial charge on any atom is -0.462 e. The van der Waals surface area contributed by atoms with Crippen LogP contribution in [0.4, 0.5) is 5.69 Å². The summed E-state index contributed by atoms with van der Waals surface area (Å²) in [5.41, 5.74) is 4.20. The van der Waals surface area contributed by atoms with Gasteiger partial charge >= 0.3 is 5.97 Å². The number of H-pyrrole nitrogens is 1. The van der Waals surface area contributed by atoms with Gasteiger partial charge in [-0.25, -0.2) is 14.8 Å². The van der Waals surface area contributed by atoms with Gasteiger partial charge in [0.25, 0.3) is 0 Å². The Morgan fingerprint density at radius 1 is 1.33 bits per heavy atom. The Hall–Kier alpha value is -2.87. The molecule has 8 heteroatoms. The van der Waals surface area contributed by atoms with E-state index in [1.807, 2.05) is 36.3 Å². The van der Waals surface area contributed by atoms with Gasteiger partial charge in [0.15, 0.2) is 11.0 Å². The first-order chi connectivity index (χ1) is 14.4. The number of ether oxygens (including phenoxy) is 1. The molecule has 0 saturated carbocycles. The minimum atomic E-state index is -0.411. The summed E-state index contributed by atoms with van der Waals surface area (Å²) in [5.74, 6) is -0.497. The lowest BCUT2D eigenvalue weighted by molar-refractivity contribution is 0.0525. The van der Waals surface area contributed by atoms with Crippen molar-refractivity contribution in [1.82, 2.24) is 9.99 Å². The topological polar surface area (TPSA) is 87.1 Å². The molecule has 2 atom stereocenters. The number of para-hydroxylation sites is 1. The van der Waals surface area contributed by atoms with Crippen molar-refractivity contribution in [3.8, 4) is 0 Å². The SMILES string of the molecule is CCOC(=O)c1c(C)[nH]c(C(=O)[C@@H](C)SC2=Nc3ccccc3[C@@H]3CC=NN23)c1C. The Kier molecular flexibility index (Phi) is 5.51. The number of aromatic nitrogens is 1. The summed E-state index contributed by atoms with van der Waals surface area (Å²) >= 11 is 1.38. The third-order valence-electron chi connectivity index (χ3n) is 5.35. The molecule has 0 amide bonds. The van der Waals surface area contributed by atoms with Crippen LogP contribution >= 0.6 is 11.8 Å². The Morgan fingerprint density at radius 2 is 2.10 bits per heavy atom. The van der Waals surface area contributed by atoms with Crippen LogP contribution in [0, 0.1) is 13.8 Å². The predicted octanol–water partition coefficient (Wildman–Crippen LogP) is 4.55. The highest BCUT2D eigenvalue weighted by Crippen LogP contribution is 2.41. The van der Waals surface area contributed by atoms with E-state index in [1.54, 1.807) is 20.8 Å². The molecule has 0 fully saturated rings. The number of hydrogen-bond donors (Lipinski definition) is 1. The lowest BCUT2D eigenvalue weighted by atomic mass is 10.0. The van der Waals surface area contributed by atoms with Gasteiger partial charge in [-0.3, -0.25) is 4.79 Å². The average molecular weight is 425 g/mol. The highest BCUT2D eigenvalue weighted by atomic mass is 32.2. The molecule has 1 aromatic heterocycles. The summed E-state index contributed by atoms with van der Waals surface area (Å²) in [4.78, 5) is 33.3. The summed E-state index contributed by atoms with van der Waals surface area (Å²) in [5, 5.41) is 6.68. The standard InChI is InChI=1S/C22H24N4O3S/c1-5-29-21(28)18-12(2)19(24-13(18)3)20(27)14(4)30-22-25-16-9-7-6-8-15(16)17-10-11-23-26(17)22/h6-9,11,14,17,24H,5,10H2,1-4H3/t14-,17+/m1/s1. The van der Waals surface area contributed by atoms with Crippen molar-refractivity contribution in [3.63, 3.8) is 0 Å². The summed E-state index contributed by atoms with van der Waals surface area (Å²) in [6.07, 6.45) is 2.70. The number of nitrogens with one attached hydrogen (secondary N) is 1. The fourth-order valence-corrected chi connectivity index (χ4v) is 4.86. The molecule has 2 aliphatic rings. The highest BCUT2D eigenvalue weighted by Gasteiger charge is 2.35. The number of nitrogens with zero attached hydrogens (tertiary/aromatic N) is 3. The lowest BCUT2D eigenvalue weighted by Gasteiger charge is -2.30. The third kappa shape index (κ3) is 3.45. The van der Waals surface area contributed by atoms with E-state index < -0.39 is 11.2 Å². The summed E-state index contributed by atoms with van der Waals surface area (Å²) in [6, 6.07) is 8.15. The monoisotopic (exact) mass is 424 g/mol. The fourth-order valence-electron chi connectivity index (χ4n) is 3.88. The molecular weight excluding hydrogens is 400 g/mol. The number of aliphatic imine (C=N–C) groups is 1.